The second-order valence-corrected chi connectivity index (χ2v) is 6.67. The smallest absolute Gasteiger partial charge is 0.244 e. The van der Waals surface area contributed by atoms with Gasteiger partial charge in [-0.2, -0.15) is 0 Å². The number of hydrogen-bond donors (Lipinski definition) is 1. The molecule has 0 radical (unpaired) electrons. The van der Waals surface area contributed by atoms with Crippen LogP contribution < -0.4 is 5.32 Å². The van der Waals surface area contributed by atoms with E-state index in [1.165, 1.54) is 6.08 Å². The number of thiazole rings is 1. The second kappa shape index (κ2) is 6.41. The summed E-state index contributed by atoms with van der Waals surface area (Å²) in [5, 5.41) is 5.71. The molecule has 0 aliphatic heterocycles. The molecule has 7 heteroatoms. The molecule has 1 amide bonds. The number of hydrogen-bond acceptors (Lipinski definition) is 4. The van der Waals surface area contributed by atoms with Crippen molar-refractivity contribution in [3.63, 3.8) is 0 Å². The number of rotatable bonds is 4. The predicted molar refractivity (Wildman–Crippen MR) is 90.6 cm³/mol. The zero-order chi connectivity index (χ0) is 15.5. The molecular weight excluding hydrogens is 364 g/mol. The summed E-state index contributed by atoms with van der Waals surface area (Å²) in [5.74, 6) is -0.163. The average Bonchev–Trinajstić information content (AvgIpc) is 3.08. The molecule has 3 aromatic rings. The largest absolute Gasteiger partial charge is 0.347 e. The monoisotopic (exact) mass is 376 g/mol. The van der Waals surface area contributed by atoms with Crippen LogP contribution in [0.5, 0.6) is 0 Å². The Morgan fingerprint density at radius 3 is 3.05 bits per heavy atom. The molecule has 0 aliphatic carbocycles. The van der Waals surface area contributed by atoms with Gasteiger partial charge < -0.3 is 9.72 Å². The van der Waals surface area contributed by atoms with Gasteiger partial charge >= 0.3 is 0 Å². The quantitative estimate of drug-likeness (QED) is 0.711. The molecule has 22 heavy (non-hydrogen) atoms. The molecule has 3 aromatic heterocycles. The zero-order valence-corrected chi connectivity index (χ0v) is 14.2. The Morgan fingerprint density at radius 2 is 2.27 bits per heavy atom. The minimum atomic E-state index is -0.163. The SMILES string of the molecule is Cc1nc(/C=C/C(=O)NCc2cn3cc(Br)ccc3n2)cs1. The lowest BCUT2D eigenvalue weighted by Crippen LogP contribution is -2.20. The normalized spacial score (nSPS) is 11.4. The Labute approximate surface area is 139 Å². The topological polar surface area (TPSA) is 59.3 Å². The molecule has 3 rings (SSSR count). The van der Waals surface area contributed by atoms with Gasteiger partial charge in [0.05, 0.1) is 22.9 Å². The van der Waals surface area contributed by atoms with Gasteiger partial charge in [0, 0.05) is 28.3 Å². The van der Waals surface area contributed by atoms with Gasteiger partial charge in [0.15, 0.2) is 0 Å². The average molecular weight is 377 g/mol. The number of aryl methyl sites for hydroxylation is 1. The Hall–Kier alpha value is -1.99. The minimum absolute atomic E-state index is 0.163. The molecule has 0 aliphatic rings. The maximum absolute atomic E-state index is 11.8. The number of imidazole rings is 1. The molecule has 0 aromatic carbocycles. The Bertz CT molecular complexity index is 852. The fraction of sp³-hybridized carbons (Fsp3) is 0.133. The Balaban J connectivity index is 1.61. The van der Waals surface area contributed by atoms with Gasteiger partial charge in [0.25, 0.3) is 0 Å². The van der Waals surface area contributed by atoms with E-state index in [0.717, 1.165) is 26.5 Å². The van der Waals surface area contributed by atoms with Crippen molar-refractivity contribution < 1.29 is 4.79 Å². The van der Waals surface area contributed by atoms with Gasteiger partial charge in [-0.25, -0.2) is 9.97 Å². The van der Waals surface area contributed by atoms with Crippen LogP contribution >= 0.6 is 27.3 Å². The van der Waals surface area contributed by atoms with E-state index in [-0.39, 0.29) is 5.91 Å². The number of halogens is 1. The first-order valence-corrected chi connectivity index (χ1v) is 8.28. The van der Waals surface area contributed by atoms with Gasteiger partial charge in [0.2, 0.25) is 5.91 Å². The predicted octanol–water partition coefficient (Wildman–Crippen LogP) is 3.19. The highest BCUT2D eigenvalue weighted by Gasteiger charge is 2.03. The number of carbonyl (C=O) groups excluding carboxylic acids is 1. The van der Waals surface area contributed by atoms with Crippen LogP contribution in [-0.4, -0.2) is 20.3 Å². The molecule has 0 unspecified atom stereocenters. The number of aromatic nitrogens is 3. The summed E-state index contributed by atoms with van der Waals surface area (Å²) in [5.41, 5.74) is 2.46. The summed E-state index contributed by atoms with van der Waals surface area (Å²) in [6.45, 7) is 2.32. The zero-order valence-electron chi connectivity index (χ0n) is 11.8. The number of nitrogens with one attached hydrogen (secondary N) is 1. The van der Waals surface area contributed by atoms with Crippen LogP contribution in [0.4, 0.5) is 0 Å². The van der Waals surface area contributed by atoms with Crippen LogP contribution in [0.2, 0.25) is 0 Å². The van der Waals surface area contributed by atoms with Crippen LogP contribution in [0.25, 0.3) is 11.7 Å². The lowest BCUT2D eigenvalue weighted by atomic mass is 10.4. The van der Waals surface area contributed by atoms with E-state index in [4.69, 9.17) is 0 Å². The number of fused-ring (bicyclic) bond motifs is 1. The van der Waals surface area contributed by atoms with Gasteiger partial charge in [0.1, 0.15) is 5.65 Å². The van der Waals surface area contributed by atoms with Gasteiger partial charge in [-0.05, 0) is 41.1 Å². The Morgan fingerprint density at radius 1 is 1.41 bits per heavy atom. The van der Waals surface area contributed by atoms with Gasteiger partial charge in [-0.1, -0.05) is 0 Å². The number of amides is 1. The molecule has 0 fully saturated rings. The lowest BCUT2D eigenvalue weighted by Gasteiger charge is -1.97. The highest BCUT2D eigenvalue weighted by atomic mass is 79.9. The number of carbonyl (C=O) groups is 1. The fourth-order valence-corrected chi connectivity index (χ4v) is 2.89. The molecule has 0 spiro atoms. The standard InChI is InChI=1S/C15H13BrN4OS/c1-10-18-12(9-22-10)3-5-15(21)17-6-13-8-20-7-11(16)2-4-14(20)19-13/h2-5,7-9H,6H2,1H3,(H,17,21)/b5-3+. The van der Waals surface area contributed by atoms with E-state index < -0.39 is 0 Å². The van der Waals surface area contributed by atoms with Crippen molar-refractivity contribution in [1.29, 1.82) is 0 Å². The summed E-state index contributed by atoms with van der Waals surface area (Å²) in [4.78, 5) is 20.5. The van der Waals surface area contributed by atoms with Crippen LogP contribution in [0.1, 0.15) is 16.4 Å². The minimum Gasteiger partial charge on any atom is -0.347 e. The number of pyridine rings is 1. The van der Waals surface area contributed by atoms with Crippen LogP contribution in [0, 0.1) is 6.92 Å². The van der Waals surface area contributed by atoms with Gasteiger partial charge in [-0.3, -0.25) is 4.79 Å². The van der Waals surface area contributed by atoms with Crippen LogP contribution in [0.3, 0.4) is 0 Å². The third-order valence-electron chi connectivity index (χ3n) is 2.95. The summed E-state index contributed by atoms with van der Waals surface area (Å²) in [7, 11) is 0. The van der Waals surface area contributed by atoms with Crippen molar-refractivity contribution in [2.24, 2.45) is 0 Å². The first-order valence-electron chi connectivity index (χ1n) is 6.61. The summed E-state index contributed by atoms with van der Waals surface area (Å²) < 4.78 is 2.90. The van der Waals surface area contributed by atoms with Crippen LogP contribution in [0.15, 0.2) is 40.5 Å². The van der Waals surface area contributed by atoms with E-state index >= 15 is 0 Å². The molecule has 0 saturated heterocycles. The molecule has 0 atom stereocenters. The third-order valence-corrected chi connectivity index (χ3v) is 4.21. The van der Waals surface area contributed by atoms with Crippen molar-refractivity contribution in [2.45, 2.75) is 13.5 Å². The van der Waals surface area contributed by atoms with Crippen molar-refractivity contribution in [1.82, 2.24) is 19.7 Å². The highest BCUT2D eigenvalue weighted by molar-refractivity contribution is 9.10. The van der Waals surface area contributed by atoms with Crippen molar-refractivity contribution >= 4 is 44.9 Å². The molecule has 112 valence electrons. The highest BCUT2D eigenvalue weighted by Crippen LogP contribution is 2.12. The van der Waals surface area contributed by atoms with E-state index in [1.807, 2.05) is 41.2 Å². The molecule has 5 nitrogen and oxygen atoms in total. The third kappa shape index (κ3) is 3.61. The van der Waals surface area contributed by atoms with E-state index in [2.05, 4.69) is 31.2 Å². The van der Waals surface area contributed by atoms with Crippen molar-refractivity contribution in [3.05, 3.63) is 56.9 Å². The van der Waals surface area contributed by atoms with E-state index in [1.54, 1.807) is 17.4 Å². The van der Waals surface area contributed by atoms with E-state index in [9.17, 15) is 4.79 Å². The van der Waals surface area contributed by atoms with Crippen molar-refractivity contribution in [3.8, 4) is 0 Å². The Kier molecular flexibility index (Phi) is 4.35. The fourth-order valence-electron chi connectivity index (χ4n) is 1.96. The molecule has 0 bridgehead atoms. The van der Waals surface area contributed by atoms with Crippen molar-refractivity contribution in [2.75, 3.05) is 0 Å². The second-order valence-electron chi connectivity index (χ2n) is 4.69. The number of nitrogens with zero attached hydrogens (tertiary/aromatic N) is 3. The molecule has 3 heterocycles. The maximum atomic E-state index is 11.8. The van der Waals surface area contributed by atoms with Gasteiger partial charge in [-0.15, -0.1) is 11.3 Å². The molecule has 0 saturated carbocycles. The summed E-state index contributed by atoms with van der Waals surface area (Å²) in [6.07, 6.45) is 7.02. The lowest BCUT2D eigenvalue weighted by molar-refractivity contribution is -0.116. The molecule has 1 N–H and O–H groups in total. The summed E-state index contributed by atoms with van der Waals surface area (Å²) in [6, 6.07) is 3.85. The first kappa shape index (κ1) is 14.9. The maximum Gasteiger partial charge on any atom is 0.244 e. The van der Waals surface area contributed by atoms with Crippen LogP contribution in [-0.2, 0) is 11.3 Å². The summed E-state index contributed by atoms with van der Waals surface area (Å²) >= 11 is 4.97. The first-order chi connectivity index (χ1) is 10.6. The van der Waals surface area contributed by atoms with E-state index in [0.29, 0.717) is 6.54 Å². The molecular formula is C15H13BrN4OS.